The van der Waals surface area contributed by atoms with E-state index in [2.05, 4.69) is 5.32 Å². The molecule has 5 nitrogen and oxygen atoms in total. The summed E-state index contributed by atoms with van der Waals surface area (Å²) in [5, 5.41) is 15.1. The number of aliphatic hydroxyl groups is 1. The molecule has 0 aromatic heterocycles. The fourth-order valence-electron chi connectivity index (χ4n) is 4.06. The van der Waals surface area contributed by atoms with E-state index in [0.717, 1.165) is 18.4 Å². The van der Waals surface area contributed by atoms with Gasteiger partial charge in [0.1, 0.15) is 6.04 Å². The van der Waals surface area contributed by atoms with Crippen LogP contribution in [-0.2, 0) is 15.2 Å². The first-order chi connectivity index (χ1) is 13.5. The summed E-state index contributed by atoms with van der Waals surface area (Å²) in [7, 11) is 0. The maximum absolute atomic E-state index is 13.2. The topological polar surface area (TPSA) is 69.6 Å². The Bertz CT molecular complexity index is 717. The van der Waals surface area contributed by atoms with Crippen molar-refractivity contribution in [2.24, 2.45) is 11.3 Å². The highest BCUT2D eigenvalue weighted by atomic mass is 35.5. The van der Waals surface area contributed by atoms with Crippen LogP contribution >= 0.6 is 11.6 Å². The van der Waals surface area contributed by atoms with Gasteiger partial charge in [0.2, 0.25) is 11.8 Å². The Morgan fingerprint density at radius 2 is 1.86 bits per heavy atom. The molecule has 1 aromatic rings. The maximum Gasteiger partial charge on any atom is 0.245 e. The van der Waals surface area contributed by atoms with Gasteiger partial charge in [0.25, 0.3) is 0 Å². The summed E-state index contributed by atoms with van der Waals surface area (Å²) < 4.78 is 0. The molecule has 1 fully saturated rings. The Morgan fingerprint density at radius 3 is 2.38 bits per heavy atom. The van der Waals surface area contributed by atoms with E-state index in [0.29, 0.717) is 31.0 Å². The number of benzene rings is 1. The number of amides is 2. The molecule has 1 saturated heterocycles. The minimum atomic E-state index is -1.05. The molecule has 162 valence electrons. The minimum Gasteiger partial charge on any atom is -0.384 e. The van der Waals surface area contributed by atoms with Gasteiger partial charge in [-0.1, -0.05) is 64.8 Å². The van der Waals surface area contributed by atoms with Gasteiger partial charge in [-0.2, -0.15) is 0 Å². The van der Waals surface area contributed by atoms with E-state index >= 15 is 0 Å². The van der Waals surface area contributed by atoms with E-state index < -0.39 is 17.1 Å². The van der Waals surface area contributed by atoms with Gasteiger partial charge in [-0.15, -0.1) is 0 Å². The summed E-state index contributed by atoms with van der Waals surface area (Å²) in [5.41, 5.74) is -0.790. The maximum atomic E-state index is 13.2. The monoisotopic (exact) mass is 422 g/mol. The van der Waals surface area contributed by atoms with Crippen LogP contribution in [0.2, 0.25) is 5.02 Å². The smallest absolute Gasteiger partial charge is 0.245 e. The van der Waals surface area contributed by atoms with Crippen molar-refractivity contribution in [2.45, 2.75) is 71.9 Å². The van der Waals surface area contributed by atoms with Crippen LogP contribution in [0.15, 0.2) is 24.3 Å². The third-order valence-electron chi connectivity index (χ3n) is 6.09. The number of nitrogens with one attached hydrogen (secondary N) is 1. The molecule has 2 atom stereocenters. The number of hydrogen-bond donors (Lipinski definition) is 2. The van der Waals surface area contributed by atoms with Gasteiger partial charge in [-0.05, 0) is 36.5 Å². The average molecular weight is 423 g/mol. The zero-order valence-electron chi connectivity index (χ0n) is 18.3. The van der Waals surface area contributed by atoms with Gasteiger partial charge in [-0.3, -0.25) is 9.59 Å². The van der Waals surface area contributed by atoms with Crippen LogP contribution in [0.5, 0.6) is 0 Å². The summed E-state index contributed by atoms with van der Waals surface area (Å²) in [6.07, 6.45) is 2.63. The second-order valence-electron chi connectivity index (χ2n) is 9.15. The van der Waals surface area contributed by atoms with Gasteiger partial charge in [0, 0.05) is 29.9 Å². The van der Waals surface area contributed by atoms with Crippen molar-refractivity contribution in [3.05, 3.63) is 34.9 Å². The molecule has 0 aliphatic carbocycles. The van der Waals surface area contributed by atoms with E-state index in [4.69, 9.17) is 11.6 Å². The molecule has 1 aliphatic heterocycles. The first-order valence-electron chi connectivity index (χ1n) is 10.6. The van der Waals surface area contributed by atoms with Crippen molar-refractivity contribution < 1.29 is 14.7 Å². The van der Waals surface area contributed by atoms with Crippen molar-refractivity contribution >= 4 is 23.4 Å². The summed E-state index contributed by atoms with van der Waals surface area (Å²) in [5.74, 6) is -0.155. The molecule has 6 heteroatoms. The lowest BCUT2D eigenvalue weighted by molar-refractivity contribution is -0.156. The van der Waals surface area contributed by atoms with E-state index in [-0.39, 0.29) is 17.7 Å². The number of carbonyl (C=O) groups excluding carboxylic acids is 2. The molecule has 0 spiro atoms. The minimum absolute atomic E-state index is 0.00624. The van der Waals surface area contributed by atoms with Crippen molar-refractivity contribution in [3.8, 4) is 0 Å². The lowest BCUT2D eigenvalue weighted by atomic mass is 9.66. The number of likely N-dealkylation sites (tertiary alicyclic amines) is 1. The Kier molecular flexibility index (Phi) is 7.74. The van der Waals surface area contributed by atoms with E-state index in [1.807, 2.05) is 46.8 Å². The number of hydrogen-bond acceptors (Lipinski definition) is 3. The fraction of sp³-hybridized carbons (Fsp3) is 0.652. The highest BCUT2D eigenvalue weighted by Crippen LogP contribution is 2.46. The van der Waals surface area contributed by atoms with Crippen LogP contribution in [0, 0.1) is 11.3 Å². The molecule has 0 bridgehead atoms. The summed E-state index contributed by atoms with van der Waals surface area (Å²) in [4.78, 5) is 27.2. The molecular formula is C23H35ClN2O3. The van der Waals surface area contributed by atoms with E-state index in [9.17, 15) is 14.7 Å². The largest absolute Gasteiger partial charge is 0.384 e. The normalized spacial score (nSPS) is 22.4. The van der Waals surface area contributed by atoms with Crippen LogP contribution in [-0.4, -0.2) is 41.0 Å². The Hall–Kier alpha value is -1.59. The molecule has 2 amide bonds. The van der Waals surface area contributed by atoms with Crippen LogP contribution in [0.3, 0.4) is 0 Å². The van der Waals surface area contributed by atoms with Crippen LogP contribution in [0.1, 0.15) is 65.9 Å². The molecular weight excluding hydrogens is 388 g/mol. The molecule has 2 rings (SSSR count). The first kappa shape index (κ1) is 23.7. The summed E-state index contributed by atoms with van der Waals surface area (Å²) >= 11 is 6.00. The lowest BCUT2D eigenvalue weighted by Gasteiger charge is -2.51. The van der Waals surface area contributed by atoms with E-state index in [1.54, 1.807) is 17.0 Å². The van der Waals surface area contributed by atoms with Crippen LogP contribution < -0.4 is 5.32 Å². The number of nitrogens with zero attached hydrogens (tertiary/aromatic N) is 1. The molecule has 0 saturated carbocycles. The quantitative estimate of drug-likeness (QED) is 0.694. The van der Waals surface area contributed by atoms with E-state index in [1.165, 1.54) is 0 Å². The average Bonchev–Trinajstić information content (AvgIpc) is 2.66. The third-order valence-corrected chi connectivity index (χ3v) is 6.34. The molecule has 0 radical (unpaired) electrons. The van der Waals surface area contributed by atoms with Crippen molar-refractivity contribution in [1.82, 2.24) is 10.2 Å². The van der Waals surface area contributed by atoms with Crippen molar-refractivity contribution in [3.63, 3.8) is 0 Å². The van der Waals surface area contributed by atoms with Gasteiger partial charge in [0.05, 0.1) is 5.60 Å². The second kappa shape index (κ2) is 9.48. The zero-order chi connectivity index (χ0) is 21.8. The first-order valence-corrected chi connectivity index (χ1v) is 11.0. The highest BCUT2D eigenvalue weighted by molar-refractivity contribution is 6.30. The standard InChI is InChI=1S/C23H35ClN2O3/c1-6-7-8-19(27)25-20(16(2)3)21(28)26-14-13-23(29,22(4,5)15-26)17-9-11-18(24)12-10-17/h9-12,16,20,29H,6-8,13-15H2,1-5H3,(H,25,27)/t20-,23+/m1/s1. The second-order valence-corrected chi connectivity index (χ2v) is 9.59. The van der Waals surface area contributed by atoms with Gasteiger partial charge < -0.3 is 15.3 Å². The van der Waals surface area contributed by atoms with Crippen molar-refractivity contribution in [1.29, 1.82) is 0 Å². The zero-order valence-corrected chi connectivity index (χ0v) is 19.1. The third kappa shape index (κ3) is 5.32. The van der Waals surface area contributed by atoms with Gasteiger partial charge in [-0.25, -0.2) is 0 Å². The summed E-state index contributed by atoms with van der Waals surface area (Å²) in [6, 6.07) is 6.72. The predicted molar refractivity (Wildman–Crippen MR) is 117 cm³/mol. The molecule has 1 aromatic carbocycles. The number of carbonyl (C=O) groups is 2. The SMILES string of the molecule is CCCCC(=O)N[C@@H](C(=O)N1CC[C@](O)(c2ccc(Cl)cc2)C(C)(C)C1)C(C)C. The summed E-state index contributed by atoms with van der Waals surface area (Å²) in [6.45, 7) is 10.7. The van der Waals surface area contributed by atoms with Crippen LogP contribution in [0.4, 0.5) is 0 Å². The molecule has 1 heterocycles. The highest BCUT2D eigenvalue weighted by Gasteiger charge is 2.50. The number of halogens is 1. The fourth-order valence-corrected chi connectivity index (χ4v) is 4.19. The van der Waals surface area contributed by atoms with Crippen molar-refractivity contribution in [2.75, 3.05) is 13.1 Å². The Labute approximate surface area is 179 Å². The Balaban J connectivity index is 2.15. The number of rotatable bonds is 7. The number of unbranched alkanes of at least 4 members (excludes halogenated alkanes) is 1. The molecule has 0 unspecified atom stereocenters. The number of piperidine rings is 1. The molecule has 1 aliphatic rings. The predicted octanol–water partition coefficient (Wildman–Crippen LogP) is 4.12. The Morgan fingerprint density at radius 1 is 1.24 bits per heavy atom. The van der Waals surface area contributed by atoms with Gasteiger partial charge >= 0.3 is 0 Å². The molecule has 2 N–H and O–H groups in total. The van der Waals surface area contributed by atoms with Gasteiger partial charge in [0.15, 0.2) is 0 Å². The lowest BCUT2D eigenvalue weighted by Crippen LogP contribution is -2.60. The molecule has 29 heavy (non-hydrogen) atoms. The van der Waals surface area contributed by atoms with Crippen LogP contribution in [0.25, 0.3) is 0 Å².